The van der Waals surface area contributed by atoms with Crippen LogP contribution in [0.4, 0.5) is 5.82 Å². The van der Waals surface area contributed by atoms with Gasteiger partial charge in [0, 0.05) is 13.6 Å². The number of nitrogen functional groups attached to an aromatic ring is 1. The molecule has 0 fully saturated rings. The van der Waals surface area contributed by atoms with Crippen LogP contribution in [-0.2, 0) is 24.9 Å². The standard InChI is InChI=1S/C19H23N3O6/c1-11(2)8-22-16(20)15(17(25)21(3)19(22)27)14(24)10-28-18(26)13-6-4-12(9-23)5-7-13/h4-7,11,23H,8-10,20H2,1-3H3. The molecule has 2 rings (SSSR count). The number of nitrogens with zero attached hydrogens (tertiary/aromatic N) is 2. The van der Waals surface area contributed by atoms with E-state index in [0.717, 1.165) is 9.13 Å². The molecular formula is C19H23N3O6. The van der Waals surface area contributed by atoms with E-state index in [1.165, 1.54) is 19.2 Å². The lowest BCUT2D eigenvalue weighted by Gasteiger charge is -2.16. The molecule has 1 aromatic heterocycles. The smallest absolute Gasteiger partial charge is 0.338 e. The highest BCUT2D eigenvalue weighted by molar-refractivity contribution is 6.02. The molecule has 28 heavy (non-hydrogen) atoms. The van der Waals surface area contributed by atoms with Gasteiger partial charge >= 0.3 is 11.7 Å². The minimum absolute atomic E-state index is 0.0557. The van der Waals surface area contributed by atoms with E-state index in [1.807, 2.05) is 13.8 Å². The van der Waals surface area contributed by atoms with Crippen LogP contribution < -0.4 is 17.0 Å². The molecule has 0 saturated carbocycles. The van der Waals surface area contributed by atoms with Crippen LogP contribution in [0.1, 0.15) is 40.1 Å². The van der Waals surface area contributed by atoms with E-state index in [1.54, 1.807) is 12.1 Å². The van der Waals surface area contributed by atoms with Crippen molar-refractivity contribution in [3.63, 3.8) is 0 Å². The van der Waals surface area contributed by atoms with Crippen LogP contribution in [0, 0.1) is 5.92 Å². The van der Waals surface area contributed by atoms with Crippen molar-refractivity contribution in [1.29, 1.82) is 0 Å². The molecule has 0 radical (unpaired) electrons. The first kappa shape index (κ1) is 21.1. The van der Waals surface area contributed by atoms with Crippen LogP contribution >= 0.6 is 0 Å². The van der Waals surface area contributed by atoms with E-state index in [-0.39, 0.29) is 36.0 Å². The third kappa shape index (κ3) is 4.37. The van der Waals surface area contributed by atoms with Gasteiger partial charge in [-0.3, -0.25) is 18.7 Å². The summed E-state index contributed by atoms with van der Waals surface area (Å²) in [6.07, 6.45) is 0. The van der Waals surface area contributed by atoms with Crippen LogP contribution in [0.3, 0.4) is 0 Å². The number of aliphatic hydroxyl groups excluding tert-OH is 1. The molecule has 9 heteroatoms. The fourth-order valence-electron chi connectivity index (χ4n) is 2.62. The number of nitrogens with two attached hydrogens (primary N) is 1. The molecule has 1 heterocycles. The highest BCUT2D eigenvalue weighted by Crippen LogP contribution is 2.10. The number of carbonyl (C=O) groups is 2. The zero-order valence-corrected chi connectivity index (χ0v) is 16.0. The van der Waals surface area contributed by atoms with Gasteiger partial charge in [0.25, 0.3) is 5.56 Å². The van der Waals surface area contributed by atoms with Gasteiger partial charge in [0.1, 0.15) is 11.4 Å². The Balaban J connectivity index is 2.26. The van der Waals surface area contributed by atoms with Gasteiger partial charge in [0.05, 0.1) is 12.2 Å². The number of hydrogen-bond donors (Lipinski definition) is 2. The molecule has 0 aliphatic rings. The Morgan fingerprint density at radius 2 is 1.79 bits per heavy atom. The lowest BCUT2D eigenvalue weighted by atomic mass is 10.1. The van der Waals surface area contributed by atoms with Gasteiger partial charge in [-0.2, -0.15) is 0 Å². The number of aromatic nitrogens is 2. The van der Waals surface area contributed by atoms with Gasteiger partial charge in [-0.25, -0.2) is 9.59 Å². The Hall–Kier alpha value is -3.20. The Morgan fingerprint density at radius 3 is 2.32 bits per heavy atom. The summed E-state index contributed by atoms with van der Waals surface area (Å²) in [5, 5.41) is 9.01. The molecule has 0 atom stereocenters. The number of ketones is 1. The number of hydrogen-bond acceptors (Lipinski definition) is 7. The Kier molecular flexibility index (Phi) is 6.53. The highest BCUT2D eigenvalue weighted by Gasteiger charge is 2.23. The number of benzene rings is 1. The molecule has 3 N–H and O–H groups in total. The van der Waals surface area contributed by atoms with Crippen LogP contribution in [0.2, 0.25) is 0 Å². The van der Waals surface area contributed by atoms with Gasteiger partial charge in [0.15, 0.2) is 6.61 Å². The minimum atomic E-state index is -0.837. The molecule has 0 saturated heterocycles. The van der Waals surface area contributed by atoms with Gasteiger partial charge in [-0.05, 0) is 23.6 Å². The molecule has 1 aromatic carbocycles. The lowest BCUT2D eigenvalue weighted by molar-refractivity contribution is 0.0474. The van der Waals surface area contributed by atoms with Crippen molar-refractivity contribution < 1.29 is 19.4 Å². The van der Waals surface area contributed by atoms with Crippen molar-refractivity contribution in [3.05, 3.63) is 61.8 Å². The summed E-state index contributed by atoms with van der Waals surface area (Å²) in [6.45, 7) is 3.10. The molecular weight excluding hydrogens is 366 g/mol. The van der Waals surface area contributed by atoms with E-state index in [2.05, 4.69) is 0 Å². The molecule has 2 aromatic rings. The molecule has 0 amide bonds. The van der Waals surface area contributed by atoms with Crippen LogP contribution in [0.5, 0.6) is 0 Å². The van der Waals surface area contributed by atoms with E-state index >= 15 is 0 Å². The average Bonchev–Trinajstić information content (AvgIpc) is 2.67. The van der Waals surface area contributed by atoms with Crippen LogP contribution in [0.15, 0.2) is 33.9 Å². The van der Waals surface area contributed by atoms with E-state index in [0.29, 0.717) is 5.56 Å². The minimum Gasteiger partial charge on any atom is -0.454 e. The summed E-state index contributed by atoms with van der Waals surface area (Å²) in [5.74, 6) is -1.74. The summed E-state index contributed by atoms with van der Waals surface area (Å²) in [5.41, 5.74) is 4.89. The number of Topliss-reactive ketones (excluding diaryl/α,β-unsaturated/α-hetero) is 1. The summed E-state index contributed by atoms with van der Waals surface area (Å²) >= 11 is 0. The number of rotatable bonds is 7. The van der Waals surface area contributed by atoms with Gasteiger partial charge in [0.2, 0.25) is 5.78 Å². The number of aliphatic hydroxyl groups is 1. The summed E-state index contributed by atoms with van der Waals surface area (Å²) in [6, 6.07) is 6.01. The Morgan fingerprint density at radius 1 is 1.18 bits per heavy atom. The van der Waals surface area contributed by atoms with Crippen molar-refractivity contribution >= 4 is 17.6 Å². The molecule has 0 spiro atoms. The maximum absolute atomic E-state index is 12.5. The largest absolute Gasteiger partial charge is 0.454 e. The quantitative estimate of drug-likeness (QED) is 0.514. The van der Waals surface area contributed by atoms with Crippen molar-refractivity contribution in [2.75, 3.05) is 12.3 Å². The number of carbonyl (C=O) groups excluding carboxylic acids is 2. The topological polar surface area (TPSA) is 134 Å². The van der Waals surface area contributed by atoms with Crippen LogP contribution in [0.25, 0.3) is 0 Å². The zero-order chi connectivity index (χ0) is 21.0. The average molecular weight is 389 g/mol. The first-order valence-electron chi connectivity index (χ1n) is 8.66. The second kappa shape index (κ2) is 8.66. The second-order valence-electron chi connectivity index (χ2n) is 6.77. The molecule has 0 unspecified atom stereocenters. The van der Waals surface area contributed by atoms with Gasteiger partial charge < -0.3 is 15.6 Å². The van der Waals surface area contributed by atoms with Crippen LogP contribution in [-0.4, -0.2) is 32.6 Å². The third-order valence-electron chi connectivity index (χ3n) is 4.12. The predicted molar refractivity (Wildman–Crippen MR) is 102 cm³/mol. The molecule has 9 nitrogen and oxygen atoms in total. The molecule has 150 valence electrons. The third-order valence-corrected chi connectivity index (χ3v) is 4.12. The number of anilines is 1. The van der Waals surface area contributed by atoms with Crippen molar-refractivity contribution in [1.82, 2.24) is 9.13 Å². The van der Waals surface area contributed by atoms with Gasteiger partial charge in [-0.1, -0.05) is 26.0 Å². The number of ether oxygens (including phenoxy) is 1. The highest BCUT2D eigenvalue weighted by atomic mass is 16.5. The van der Waals surface area contributed by atoms with Crippen molar-refractivity contribution in [2.24, 2.45) is 13.0 Å². The number of esters is 1. The first-order valence-corrected chi connectivity index (χ1v) is 8.66. The van der Waals surface area contributed by atoms with Crippen molar-refractivity contribution in [2.45, 2.75) is 27.0 Å². The fourth-order valence-corrected chi connectivity index (χ4v) is 2.62. The monoisotopic (exact) mass is 389 g/mol. The maximum Gasteiger partial charge on any atom is 0.338 e. The Labute approximate surface area is 161 Å². The van der Waals surface area contributed by atoms with Gasteiger partial charge in [-0.15, -0.1) is 0 Å². The first-order chi connectivity index (χ1) is 13.2. The predicted octanol–water partition coefficient (Wildman–Crippen LogP) is 0.317. The Bertz CT molecular complexity index is 1000. The molecule has 0 aliphatic carbocycles. The van der Waals surface area contributed by atoms with Crippen molar-refractivity contribution in [3.8, 4) is 0 Å². The maximum atomic E-state index is 12.5. The SMILES string of the molecule is CC(C)Cn1c(N)c(C(=O)COC(=O)c2ccc(CO)cc2)c(=O)n(C)c1=O. The second-order valence-corrected chi connectivity index (χ2v) is 6.77. The summed E-state index contributed by atoms with van der Waals surface area (Å²) in [7, 11) is 1.26. The zero-order valence-electron chi connectivity index (χ0n) is 16.0. The molecule has 0 aliphatic heterocycles. The lowest BCUT2D eigenvalue weighted by Crippen LogP contribution is -2.43. The summed E-state index contributed by atoms with van der Waals surface area (Å²) in [4.78, 5) is 49.2. The van der Waals surface area contributed by atoms with E-state index in [9.17, 15) is 19.2 Å². The normalized spacial score (nSPS) is 10.9. The molecule has 0 bridgehead atoms. The fraction of sp³-hybridized carbons (Fsp3) is 0.368. The van der Waals surface area contributed by atoms with E-state index < -0.39 is 29.6 Å². The summed E-state index contributed by atoms with van der Waals surface area (Å²) < 4.78 is 6.95. The van der Waals surface area contributed by atoms with E-state index in [4.69, 9.17) is 15.6 Å².